The van der Waals surface area contributed by atoms with Gasteiger partial charge in [-0.15, -0.1) is 0 Å². The lowest BCUT2D eigenvalue weighted by Gasteiger charge is -2.17. The number of alkyl halides is 3. The van der Waals surface area contributed by atoms with Crippen LogP contribution in [0.4, 0.5) is 13.2 Å². The molecule has 78 valence electrons. The van der Waals surface area contributed by atoms with E-state index in [1.165, 1.54) is 6.07 Å². The van der Waals surface area contributed by atoms with Gasteiger partial charge in [0.05, 0.1) is 0 Å². The summed E-state index contributed by atoms with van der Waals surface area (Å²) in [4.78, 5) is 0. The van der Waals surface area contributed by atoms with E-state index in [1.54, 1.807) is 12.1 Å². The predicted molar refractivity (Wildman–Crippen MR) is 59.8 cm³/mol. The molecular formula is C8H6BrF3IN. The van der Waals surface area contributed by atoms with E-state index in [4.69, 9.17) is 5.73 Å². The fraction of sp³-hybridized carbons (Fsp3) is 0.250. The van der Waals surface area contributed by atoms with Crippen LogP contribution < -0.4 is 5.73 Å². The van der Waals surface area contributed by atoms with E-state index >= 15 is 0 Å². The molecule has 0 bridgehead atoms. The van der Waals surface area contributed by atoms with Crippen LogP contribution >= 0.6 is 38.5 Å². The summed E-state index contributed by atoms with van der Waals surface area (Å²) >= 11 is 4.98. The highest BCUT2D eigenvalue weighted by Crippen LogP contribution is 2.34. The zero-order valence-corrected chi connectivity index (χ0v) is 10.5. The van der Waals surface area contributed by atoms with Crippen LogP contribution in [0.2, 0.25) is 0 Å². The van der Waals surface area contributed by atoms with E-state index in [2.05, 4.69) is 15.9 Å². The average Bonchev–Trinajstić information content (AvgIpc) is 2.06. The number of benzene rings is 1. The van der Waals surface area contributed by atoms with Crippen molar-refractivity contribution in [2.24, 2.45) is 5.73 Å². The number of nitrogens with two attached hydrogens (primary N) is 1. The molecule has 0 heterocycles. The van der Waals surface area contributed by atoms with Crippen LogP contribution in [0.3, 0.4) is 0 Å². The molecule has 0 aliphatic heterocycles. The van der Waals surface area contributed by atoms with Crippen molar-refractivity contribution in [3.8, 4) is 0 Å². The molecule has 1 rings (SSSR count). The Balaban J connectivity index is 3.12. The van der Waals surface area contributed by atoms with Crippen molar-refractivity contribution < 1.29 is 13.2 Å². The minimum atomic E-state index is -4.41. The molecule has 0 spiro atoms. The molecule has 1 nitrogen and oxygen atoms in total. The third kappa shape index (κ3) is 2.83. The van der Waals surface area contributed by atoms with Gasteiger partial charge in [0.25, 0.3) is 0 Å². The number of halogens is 5. The standard InChI is InChI=1S/C8H6BrF3IN/c9-6-2-1-4(13)3-5(6)7(14)8(10,11)12/h1-3,7H,14H2. The van der Waals surface area contributed by atoms with Crippen LogP contribution in [0.5, 0.6) is 0 Å². The number of hydrogen-bond acceptors (Lipinski definition) is 1. The second-order valence-electron chi connectivity index (χ2n) is 2.69. The largest absolute Gasteiger partial charge is 0.407 e. The maximum absolute atomic E-state index is 12.3. The maximum Gasteiger partial charge on any atom is 0.407 e. The van der Waals surface area contributed by atoms with E-state index in [0.29, 0.717) is 4.47 Å². The summed E-state index contributed by atoms with van der Waals surface area (Å²) in [6, 6.07) is 2.74. The van der Waals surface area contributed by atoms with Crippen LogP contribution in [-0.4, -0.2) is 6.18 Å². The van der Waals surface area contributed by atoms with Gasteiger partial charge in [-0.05, 0) is 46.4 Å². The van der Waals surface area contributed by atoms with Crippen LogP contribution in [0.25, 0.3) is 0 Å². The highest BCUT2D eigenvalue weighted by molar-refractivity contribution is 14.1. The molecule has 1 aromatic rings. The Hall–Kier alpha value is 0.180. The maximum atomic E-state index is 12.3. The van der Waals surface area contributed by atoms with Crippen LogP contribution in [0, 0.1) is 3.57 Å². The Kier molecular flexibility index (Phi) is 3.81. The monoisotopic (exact) mass is 379 g/mol. The van der Waals surface area contributed by atoms with Crippen molar-refractivity contribution in [3.63, 3.8) is 0 Å². The topological polar surface area (TPSA) is 26.0 Å². The van der Waals surface area contributed by atoms with Gasteiger partial charge in [0, 0.05) is 8.04 Å². The number of hydrogen-bond donors (Lipinski definition) is 1. The lowest BCUT2D eigenvalue weighted by atomic mass is 10.1. The van der Waals surface area contributed by atoms with E-state index < -0.39 is 12.2 Å². The first-order chi connectivity index (χ1) is 6.32. The average molecular weight is 380 g/mol. The fourth-order valence-electron chi connectivity index (χ4n) is 0.929. The highest BCUT2D eigenvalue weighted by Gasteiger charge is 2.38. The SMILES string of the molecule is NC(c1cc(I)ccc1Br)C(F)(F)F. The Bertz CT molecular complexity index is 340. The van der Waals surface area contributed by atoms with Crippen molar-refractivity contribution in [2.75, 3.05) is 0 Å². The van der Waals surface area contributed by atoms with E-state index in [0.717, 1.165) is 3.57 Å². The molecule has 0 amide bonds. The summed E-state index contributed by atoms with van der Waals surface area (Å²) in [5.74, 6) is 0. The Morgan fingerprint density at radius 2 is 1.93 bits per heavy atom. The Morgan fingerprint density at radius 1 is 1.36 bits per heavy atom. The quantitative estimate of drug-likeness (QED) is 0.741. The minimum absolute atomic E-state index is 0.0596. The van der Waals surface area contributed by atoms with Crippen LogP contribution in [0.15, 0.2) is 22.7 Å². The minimum Gasteiger partial charge on any atom is -0.316 e. The lowest BCUT2D eigenvalue weighted by Crippen LogP contribution is -2.28. The van der Waals surface area contributed by atoms with E-state index in [1.807, 2.05) is 22.6 Å². The third-order valence-electron chi connectivity index (χ3n) is 1.65. The molecule has 14 heavy (non-hydrogen) atoms. The zero-order valence-electron chi connectivity index (χ0n) is 6.78. The second-order valence-corrected chi connectivity index (χ2v) is 4.79. The molecule has 6 heteroatoms. The summed E-state index contributed by atoms with van der Waals surface area (Å²) in [6.07, 6.45) is -4.41. The lowest BCUT2D eigenvalue weighted by molar-refractivity contribution is -0.149. The van der Waals surface area contributed by atoms with Crippen molar-refractivity contribution in [1.82, 2.24) is 0 Å². The predicted octanol–water partition coefficient (Wildman–Crippen LogP) is 3.62. The molecule has 0 aromatic heterocycles. The van der Waals surface area contributed by atoms with Gasteiger partial charge in [0.2, 0.25) is 0 Å². The molecule has 1 unspecified atom stereocenters. The normalized spacial score (nSPS) is 14.1. The third-order valence-corrected chi connectivity index (χ3v) is 3.04. The molecule has 0 fully saturated rings. The van der Waals surface area contributed by atoms with Crippen molar-refractivity contribution >= 4 is 38.5 Å². The van der Waals surface area contributed by atoms with Crippen molar-refractivity contribution in [1.29, 1.82) is 0 Å². The van der Waals surface area contributed by atoms with Gasteiger partial charge < -0.3 is 5.73 Å². The first kappa shape index (κ1) is 12.3. The van der Waals surface area contributed by atoms with E-state index in [-0.39, 0.29) is 5.56 Å². The Morgan fingerprint density at radius 3 is 2.43 bits per heavy atom. The molecule has 1 atom stereocenters. The summed E-state index contributed by atoms with van der Waals surface area (Å²) in [5.41, 5.74) is 5.14. The van der Waals surface area contributed by atoms with Crippen LogP contribution in [0.1, 0.15) is 11.6 Å². The van der Waals surface area contributed by atoms with Gasteiger partial charge in [0.1, 0.15) is 6.04 Å². The molecular weight excluding hydrogens is 374 g/mol. The second kappa shape index (κ2) is 4.36. The van der Waals surface area contributed by atoms with Crippen molar-refractivity contribution in [3.05, 3.63) is 31.8 Å². The zero-order chi connectivity index (χ0) is 10.9. The summed E-state index contributed by atoms with van der Waals surface area (Å²) in [6.45, 7) is 0. The smallest absolute Gasteiger partial charge is 0.316 e. The molecule has 2 N–H and O–H groups in total. The summed E-state index contributed by atoms with van der Waals surface area (Å²) in [5, 5.41) is 0. The summed E-state index contributed by atoms with van der Waals surface area (Å²) < 4.78 is 38.0. The van der Waals surface area contributed by atoms with Crippen molar-refractivity contribution in [2.45, 2.75) is 12.2 Å². The van der Waals surface area contributed by atoms with Gasteiger partial charge in [-0.3, -0.25) is 0 Å². The van der Waals surface area contributed by atoms with Gasteiger partial charge in [0.15, 0.2) is 0 Å². The number of rotatable bonds is 1. The molecule has 0 aliphatic carbocycles. The van der Waals surface area contributed by atoms with Gasteiger partial charge in [-0.2, -0.15) is 13.2 Å². The fourth-order valence-corrected chi connectivity index (χ4v) is 1.94. The first-order valence-corrected chi connectivity index (χ1v) is 5.47. The molecule has 0 saturated heterocycles. The summed E-state index contributed by atoms with van der Waals surface area (Å²) in [7, 11) is 0. The highest BCUT2D eigenvalue weighted by atomic mass is 127. The molecule has 1 aromatic carbocycles. The first-order valence-electron chi connectivity index (χ1n) is 3.59. The molecule has 0 aliphatic rings. The molecule has 0 saturated carbocycles. The van der Waals surface area contributed by atoms with Crippen LogP contribution in [-0.2, 0) is 0 Å². The van der Waals surface area contributed by atoms with Gasteiger partial charge >= 0.3 is 6.18 Å². The van der Waals surface area contributed by atoms with Gasteiger partial charge in [-0.1, -0.05) is 15.9 Å². The van der Waals surface area contributed by atoms with E-state index in [9.17, 15) is 13.2 Å². The van der Waals surface area contributed by atoms with Gasteiger partial charge in [-0.25, -0.2) is 0 Å². The molecule has 0 radical (unpaired) electrons. The Labute approximate surface area is 101 Å².